The number of hydrogen-bond acceptors (Lipinski definition) is 4. The molecule has 0 atom stereocenters. The Morgan fingerprint density at radius 3 is 2.65 bits per heavy atom. The van der Waals surface area contributed by atoms with Crippen molar-refractivity contribution < 1.29 is 13.9 Å². The fourth-order valence-electron chi connectivity index (χ4n) is 3.14. The molecule has 0 fully saturated rings. The zero-order chi connectivity index (χ0) is 18.1. The molecular weight excluding hydrogens is 328 g/mol. The molecule has 0 amide bonds. The fourth-order valence-corrected chi connectivity index (χ4v) is 3.14. The van der Waals surface area contributed by atoms with Crippen LogP contribution in [-0.4, -0.2) is 5.97 Å². The Bertz CT molecular complexity index is 1180. The van der Waals surface area contributed by atoms with E-state index < -0.39 is 5.63 Å². The van der Waals surface area contributed by atoms with Crippen LogP contribution in [0.3, 0.4) is 0 Å². The molecule has 0 aliphatic rings. The summed E-state index contributed by atoms with van der Waals surface area (Å²) in [5, 5.41) is 2.94. The predicted octanol–water partition coefficient (Wildman–Crippen LogP) is 4.40. The van der Waals surface area contributed by atoms with Gasteiger partial charge >= 0.3 is 11.6 Å². The lowest BCUT2D eigenvalue weighted by Crippen LogP contribution is -2.11. The van der Waals surface area contributed by atoms with E-state index in [2.05, 4.69) is 0 Å². The molecule has 0 unspecified atom stereocenters. The predicted molar refractivity (Wildman–Crippen MR) is 101 cm³/mol. The molecule has 0 saturated heterocycles. The maximum Gasteiger partial charge on any atom is 0.336 e. The number of carbonyl (C=O) groups is 1. The largest absolute Gasteiger partial charge is 0.426 e. The van der Waals surface area contributed by atoms with Crippen molar-refractivity contribution in [3.63, 3.8) is 0 Å². The Balaban J connectivity index is 1.60. The quantitative estimate of drug-likeness (QED) is 0.314. The first kappa shape index (κ1) is 16.1. The normalized spacial score (nSPS) is 11.0. The van der Waals surface area contributed by atoms with Gasteiger partial charge in [-0.25, -0.2) is 4.79 Å². The number of fused-ring (bicyclic) bond motifs is 2. The van der Waals surface area contributed by atoms with Crippen LogP contribution in [0, 0.1) is 6.92 Å². The molecule has 4 aromatic rings. The average molecular weight is 344 g/mol. The first-order chi connectivity index (χ1) is 12.6. The van der Waals surface area contributed by atoms with Crippen LogP contribution in [0.15, 0.2) is 75.9 Å². The molecule has 4 rings (SSSR count). The highest BCUT2D eigenvalue weighted by Crippen LogP contribution is 2.23. The minimum absolute atomic E-state index is 0.164. The second-order valence-corrected chi connectivity index (χ2v) is 6.20. The van der Waals surface area contributed by atoms with Crippen LogP contribution in [0.5, 0.6) is 5.75 Å². The Hall–Kier alpha value is -3.40. The van der Waals surface area contributed by atoms with Crippen LogP contribution < -0.4 is 10.4 Å². The summed E-state index contributed by atoms with van der Waals surface area (Å²) in [5.41, 5.74) is 1.72. The van der Waals surface area contributed by atoms with E-state index >= 15 is 0 Å². The summed E-state index contributed by atoms with van der Waals surface area (Å²) in [7, 11) is 0. The fraction of sp³-hybridized carbons (Fsp3) is 0.0909. The molecule has 0 aliphatic carbocycles. The van der Waals surface area contributed by atoms with Crippen molar-refractivity contribution in [1.29, 1.82) is 0 Å². The number of esters is 1. The maximum atomic E-state index is 12.4. The van der Waals surface area contributed by atoms with Crippen LogP contribution in [0.25, 0.3) is 21.7 Å². The number of carbonyl (C=O) groups excluding carboxylic acids is 1. The van der Waals surface area contributed by atoms with Crippen molar-refractivity contribution in [1.82, 2.24) is 0 Å². The van der Waals surface area contributed by atoms with Gasteiger partial charge < -0.3 is 9.15 Å². The number of aryl methyl sites for hydroxylation is 1. The number of benzene rings is 3. The molecule has 1 heterocycles. The Morgan fingerprint density at radius 1 is 0.962 bits per heavy atom. The second-order valence-electron chi connectivity index (χ2n) is 6.20. The SMILES string of the molecule is Cc1cc(=O)oc2cc(OC(=O)Cc3cccc4ccccc34)ccc12. The molecule has 0 bridgehead atoms. The maximum absolute atomic E-state index is 12.4. The summed E-state index contributed by atoms with van der Waals surface area (Å²) in [6, 6.07) is 20.3. The summed E-state index contributed by atoms with van der Waals surface area (Å²) < 4.78 is 10.6. The van der Waals surface area contributed by atoms with Gasteiger partial charge in [0.2, 0.25) is 0 Å². The van der Waals surface area contributed by atoms with Crippen molar-refractivity contribution >= 4 is 27.7 Å². The van der Waals surface area contributed by atoms with Crippen molar-refractivity contribution in [3.05, 3.63) is 88.3 Å². The number of hydrogen-bond donors (Lipinski definition) is 0. The Morgan fingerprint density at radius 2 is 1.77 bits per heavy atom. The zero-order valence-electron chi connectivity index (χ0n) is 14.2. The van der Waals surface area contributed by atoms with Gasteiger partial charge in [-0.2, -0.15) is 0 Å². The minimum atomic E-state index is -0.422. The van der Waals surface area contributed by atoms with E-state index in [0.29, 0.717) is 11.3 Å². The first-order valence-electron chi connectivity index (χ1n) is 8.32. The first-order valence-corrected chi connectivity index (χ1v) is 8.32. The Labute approximate surface area is 149 Å². The van der Waals surface area contributed by atoms with Gasteiger partial charge in [0.1, 0.15) is 11.3 Å². The van der Waals surface area contributed by atoms with Crippen molar-refractivity contribution in [2.45, 2.75) is 13.3 Å². The lowest BCUT2D eigenvalue weighted by Gasteiger charge is -2.08. The van der Waals surface area contributed by atoms with Crippen LogP contribution in [0.2, 0.25) is 0 Å². The van der Waals surface area contributed by atoms with Crippen LogP contribution in [0.4, 0.5) is 0 Å². The van der Waals surface area contributed by atoms with E-state index in [4.69, 9.17) is 9.15 Å². The van der Waals surface area contributed by atoms with Gasteiger partial charge in [-0.15, -0.1) is 0 Å². The van der Waals surface area contributed by atoms with E-state index in [9.17, 15) is 9.59 Å². The standard InChI is InChI=1S/C22H16O4/c1-14-11-21(23)26-20-13-17(9-10-18(14)20)25-22(24)12-16-7-4-6-15-5-2-3-8-19(15)16/h2-11,13H,12H2,1H3. The van der Waals surface area contributed by atoms with E-state index in [1.165, 1.54) is 6.07 Å². The molecule has 128 valence electrons. The van der Waals surface area contributed by atoms with E-state index in [-0.39, 0.29) is 12.4 Å². The van der Waals surface area contributed by atoms with Crippen LogP contribution >= 0.6 is 0 Å². The van der Waals surface area contributed by atoms with E-state index in [1.807, 2.05) is 49.4 Å². The third kappa shape index (κ3) is 3.09. The smallest absolute Gasteiger partial charge is 0.336 e. The van der Waals surface area contributed by atoms with Gasteiger partial charge in [0.05, 0.1) is 6.42 Å². The second kappa shape index (κ2) is 6.48. The summed E-state index contributed by atoms with van der Waals surface area (Å²) in [5.74, 6) is -0.00723. The highest BCUT2D eigenvalue weighted by Gasteiger charge is 2.11. The average Bonchev–Trinajstić information content (AvgIpc) is 2.61. The molecular formula is C22H16O4. The lowest BCUT2D eigenvalue weighted by atomic mass is 10.0. The highest BCUT2D eigenvalue weighted by atomic mass is 16.5. The van der Waals surface area contributed by atoms with E-state index in [0.717, 1.165) is 27.3 Å². The van der Waals surface area contributed by atoms with Gasteiger partial charge in [0.15, 0.2) is 0 Å². The van der Waals surface area contributed by atoms with Gasteiger partial charge in [0.25, 0.3) is 0 Å². The van der Waals surface area contributed by atoms with E-state index in [1.54, 1.807) is 18.2 Å². The minimum Gasteiger partial charge on any atom is -0.426 e. The molecule has 0 spiro atoms. The molecule has 4 nitrogen and oxygen atoms in total. The topological polar surface area (TPSA) is 56.5 Å². The van der Waals surface area contributed by atoms with Gasteiger partial charge in [-0.1, -0.05) is 42.5 Å². The number of rotatable bonds is 3. The Kier molecular flexibility index (Phi) is 4.01. The third-order valence-corrected chi connectivity index (χ3v) is 4.37. The van der Waals surface area contributed by atoms with Gasteiger partial charge in [-0.05, 0) is 41.0 Å². The number of ether oxygens (including phenoxy) is 1. The summed E-state index contributed by atoms with van der Waals surface area (Å²) in [6.45, 7) is 1.84. The lowest BCUT2D eigenvalue weighted by molar-refractivity contribution is -0.133. The van der Waals surface area contributed by atoms with Crippen LogP contribution in [-0.2, 0) is 11.2 Å². The zero-order valence-corrected chi connectivity index (χ0v) is 14.2. The van der Waals surface area contributed by atoms with Crippen molar-refractivity contribution in [2.75, 3.05) is 0 Å². The molecule has 0 aliphatic heterocycles. The molecule has 26 heavy (non-hydrogen) atoms. The third-order valence-electron chi connectivity index (χ3n) is 4.37. The van der Waals surface area contributed by atoms with Gasteiger partial charge in [0, 0.05) is 17.5 Å². The van der Waals surface area contributed by atoms with Crippen molar-refractivity contribution in [2.24, 2.45) is 0 Å². The molecule has 0 saturated carbocycles. The molecule has 4 heteroatoms. The molecule has 0 N–H and O–H groups in total. The molecule has 1 aromatic heterocycles. The highest BCUT2D eigenvalue weighted by molar-refractivity contribution is 5.89. The summed E-state index contributed by atoms with van der Waals surface area (Å²) in [6.07, 6.45) is 0.164. The van der Waals surface area contributed by atoms with Gasteiger partial charge in [-0.3, -0.25) is 4.79 Å². The summed E-state index contributed by atoms with van der Waals surface area (Å²) in [4.78, 5) is 23.9. The molecule has 3 aromatic carbocycles. The molecule has 0 radical (unpaired) electrons. The van der Waals surface area contributed by atoms with Crippen LogP contribution in [0.1, 0.15) is 11.1 Å². The monoisotopic (exact) mass is 344 g/mol. The van der Waals surface area contributed by atoms with Crippen molar-refractivity contribution in [3.8, 4) is 5.75 Å². The summed E-state index contributed by atoms with van der Waals surface area (Å²) >= 11 is 0.